The first-order valence-electron chi connectivity index (χ1n) is 5.80. The summed E-state index contributed by atoms with van der Waals surface area (Å²) in [5, 5.41) is 0.300. The van der Waals surface area contributed by atoms with Crippen LogP contribution in [0, 0.1) is 0 Å². The molecule has 0 aromatic carbocycles. The topological polar surface area (TPSA) is 25.8 Å². The molecule has 0 unspecified atom stereocenters. The summed E-state index contributed by atoms with van der Waals surface area (Å²) in [7, 11) is 0. The highest BCUT2D eigenvalue weighted by molar-refractivity contribution is 6.28. The van der Waals surface area contributed by atoms with Crippen LogP contribution < -0.4 is 0 Å². The van der Waals surface area contributed by atoms with Crippen LogP contribution in [0.1, 0.15) is 44.2 Å². The van der Waals surface area contributed by atoms with Crippen LogP contribution in [0.3, 0.4) is 0 Å². The Bertz CT molecular complexity index is 397. The van der Waals surface area contributed by atoms with Crippen molar-refractivity contribution in [2.75, 3.05) is 0 Å². The van der Waals surface area contributed by atoms with E-state index in [4.69, 9.17) is 11.6 Å². The molecule has 86 valence electrons. The van der Waals surface area contributed by atoms with E-state index in [9.17, 15) is 4.39 Å². The summed E-state index contributed by atoms with van der Waals surface area (Å²) >= 11 is 5.83. The van der Waals surface area contributed by atoms with E-state index in [0.717, 1.165) is 25.0 Å². The summed E-state index contributed by atoms with van der Waals surface area (Å²) < 4.78 is 14.0. The quantitative estimate of drug-likeness (QED) is 0.703. The van der Waals surface area contributed by atoms with Crippen molar-refractivity contribution >= 4 is 11.6 Å². The number of hydrogen-bond donors (Lipinski definition) is 0. The van der Waals surface area contributed by atoms with Gasteiger partial charge in [-0.1, -0.05) is 0 Å². The molecular formula is C12H14ClFN2. The Kier molecular flexibility index (Phi) is 2.22. The maximum atomic E-state index is 14.0. The van der Waals surface area contributed by atoms with Gasteiger partial charge in [0.2, 0.25) is 5.28 Å². The van der Waals surface area contributed by atoms with Gasteiger partial charge in [-0.25, -0.2) is 14.4 Å². The monoisotopic (exact) mass is 240 g/mol. The van der Waals surface area contributed by atoms with Crippen molar-refractivity contribution in [3.8, 4) is 0 Å². The van der Waals surface area contributed by atoms with E-state index in [-0.39, 0.29) is 5.41 Å². The van der Waals surface area contributed by atoms with Crippen molar-refractivity contribution in [1.82, 2.24) is 9.97 Å². The molecule has 0 spiro atoms. The minimum atomic E-state index is -0.890. The first-order valence-corrected chi connectivity index (χ1v) is 6.18. The zero-order chi connectivity index (χ0) is 11.2. The lowest BCUT2D eigenvalue weighted by molar-refractivity contribution is 0.00194. The fourth-order valence-corrected chi connectivity index (χ4v) is 3.30. The molecule has 4 heteroatoms. The van der Waals surface area contributed by atoms with E-state index in [1.165, 1.54) is 0 Å². The average Bonchev–Trinajstić information content (AvgIpc) is 2.30. The maximum absolute atomic E-state index is 14.0. The molecule has 3 fully saturated rings. The van der Waals surface area contributed by atoms with Gasteiger partial charge in [-0.2, -0.15) is 0 Å². The van der Waals surface area contributed by atoms with Crippen LogP contribution in [0.25, 0.3) is 0 Å². The van der Waals surface area contributed by atoms with Crippen LogP contribution in [0.2, 0.25) is 5.28 Å². The summed E-state index contributed by atoms with van der Waals surface area (Å²) in [5.74, 6) is 0. The van der Waals surface area contributed by atoms with Crippen LogP contribution in [0.4, 0.5) is 4.39 Å². The molecule has 0 saturated heterocycles. The standard InChI is InChI=1S/C12H14ClFN2/c13-10-15-8-1-9(16-10)11-2-5-12(14,6-3-11)7-4-11/h1,8H,2-7H2. The number of alkyl halides is 1. The Morgan fingerprint density at radius 1 is 1.12 bits per heavy atom. The van der Waals surface area contributed by atoms with E-state index in [2.05, 4.69) is 9.97 Å². The van der Waals surface area contributed by atoms with Crippen molar-refractivity contribution in [1.29, 1.82) is 0 Å². The Hall–Kier alpha value is -0.700. The SMILES string of the molecule is FC12CCC(c3ccnc(Cl)n3)(CC1)CC2. The van der Waals surface area contributed by atoms with Gasteiger partial charge >= 0.3 is 0 Å². The Morgan fingerprint density at radius 2 is 1.75 bits per heavy atom. The molecule has 0 N–H and O–H groups in total. The largest absolute Gasteiger partial charge is 0.244 e. The summed E-state index contributed by atoms with van der Waals surface area (Å²) in [6, 6.07) is 1.93. The van der Waals surface area contributed by atoms with Crippen molar-refractivity contribution in [3.05, 3.63) is 23.2 Å². The zero-order valence-corrected chi connectivity index (χ0v) is 9.80. The minimum absolute atomic E-state index is 0.0699. The first kappa shape index (κ1) is 10.5. The van der Waals surface area contributed by atoms with Crippen LogP contribution in [0.15, 0.2) is 12.3 Å². The molecule has 1 aromatic heterocycles. The average molecular weight is 241 g/mol. The third-order valence-electron chi connectivity index (χ3n) is 4.32. The highest BCUT2D eigenvalue weighted by Gasteiger charge is 2.50. The smallest absolute Gasteiger partial charge is 0.222 e. The summed E-state index contributed by atoms with van der Waals surface area (Å²) in [5.41, 5.74) is 0.188. The molecule has 0 amide bonds. The number of hydrogen-bond acceptors (Lipinski definition) is 2. The number of nitrogens with zero attached hydrogens (tertiary/aromatic N) is 2. The molecule has 4 rings (SSSR count). The van der Waals surface area contributed by atoms with Crippen LogP contribution in [-0.4, -0.2) is 15.6 Å². The fraction of sp³-hybridized carbons (Fsp3) is 0.667. The molecule has 3 aliphatic rings. The lowest BCUT2D eigenvalue weighted by Crippen LogP contribution is -2.46. The molecule has 1 aromatic rings. The van der Waals surface area contributed by atoms with Gasteiger partial charge in [0.05, 0.1) is 5.69 Å². The molecule has 2 nitrogen and oxygen atoms in total. The van der Waals surface area contributed by atoms with Gasteiger partial charge in [-0.05, 0) is 56.2 Å². The third kappa shape index (κ3) is 1.53. The first-order chi connectivity index (χ1) is 7.62. The van der Waals surface area contributed by atoms with E-state index in [1.807, 2.05) is 6.07 Å². The zero-order valence-electron chi connectivity index (χ0n) is 9.05. The van der Waals surface area contributed by atoms with Crippen molar-refractivity contribution in [3.63, 3.8) is 0 Å². The van der Waals surface area contributed by atoms with E-state index < -0.39 is 5.67 Å². The Labute approximate surface area is 99.2 Å². The van der Waals surface area contributed by atoms with Crippen LogP contribution in [-0.2, 0) is 5.41 Å². The van der Waals surface area contributed by atoms with Gasteiger partial charge in [0, 0.05) is 11.6 Å². The normalized spacial score (nSPS) is 37.6. The molecular weight excluding hydrogens is 227 g/mol. The minimum Gasteiger partial charge on any atom is -0.244 e. The predicted molar refractivity (Wildman–Crippen MR) is 60.3 cm³/mol. The second-order valence-corrected chi connectivity index (χ2v) is 5.48. The highest BCUT2D eigenvalue weighted by Crippen LogP contribution is 2.54. The lowest BCUT2D eigenvalue weighted by atomic mass is 9.58. The predicted octanol–water partition coefficient (Wildman–Crippen LogP) is 3.44. The van der Waals surface area contributed by atoms with Gasteiger partial charge in [-0.3, -0.25) is 0 Å². The molecule has 0 atom stereocenters. The molecule has 16 heavy (non-hydrogen) atoms. The molecule has 3 saturated carbocycles. The van der Waals surface area contributed by atoms with Crippen LogP contribution in [0.5, 0.6) is 0 Å². The van der Waals surface area contributed by atoms with E-state index in [0.29, 0.717) is 24.5 Å². The number of aromatic nitrogens is 2. The molecule has 3 aliphatic carbocycles. The third-order valence-corrected chi connectivity index (χ3v) is 4.51. The van der Waals surface area contributed by atoms with Crippen LogP contribution >= 0.6 is 11.6 Å². The summed E-state index contributed by atoms with van der Waals surface area (Å²) in [4.78, 5) is 8.23. The molecule has 2 bridgehead atoms. The van der Waals surface area contributed by atoms with Crippen molar-refractivity contribution in [2.45, 2.75) is 49.6 Å². The summed E-state index contributed by atoms with van der Waals surface area (Å²) in [6.45, 7) is 0. The van der Waals surface area contributed by atoms with Gasteiger partial charge in [0.1, 0.15) is 5.67 Å². The second-order valence-electron chi connectivity index (χ2n) is 5.14. The van der Waals surface area contributed by atoms with Gasteiger partial charge in [-0.15, -0.1) is 0 Å². The second kappa shape index (κ2) is 3.39. The fourth-order valence-electron chi connectivity index (χ4n) is 3.15. The van der Waals surface area contributed by atoms with Gasteiger partial charge < -0.3 is 0 Å². The Morgan fingerprint density at radius 3 is 2.31 bits per heavy atom. The summed E-state index contributed by atoms with van der Waals surface area (Å²) in [6.07, 6.45) is 6.42. The van der Waals surface area contributed by atoms with E-state index >= 15 is 0 Å². The Balaban J connectivity index is 1.95. The van der Waals surface area contributed by atoms with Crippen molar-refractivity contribution in [2.24, 2.45) is 0 Å². The number of halogens is 2. The van der Waals surface area contributed by atoms with E-state index in [1.54, 1.807) is 6.20 Å². The van der Waals surface area contributed by atoms with Crippen molar-refractivity contribution < 1.29 is 4.39 Å². The highest BCUT2D eigenvalue weighted by atomic mass is 35.5. The molecule has 0 radical (unpaired) electrons. The maximum Gasteiger partial charge on any atom is 0.222 e. The molecule has 0 aliphatic heterocycles. The number of rotatable bonds is 1. The van der Waals surface area contributed by atoms with Gasteiger partial charge in [0.15, 0.2) is 0 Å². The van der Waals surface area contributed by atoms with Gasteiger partial charge in [0.25, 0.3) is 0 Å². The molecule has 1 heterocycles. The number of fused-ring (bicyclic) bond motifs is 3. The lowest BCUT2D eigenvalue weighted by Gasteiger charge is -2.49.